The van der Waals surface area contributed by atoms with Gasteiger partial charge in [-0.2, -0.15) is 14.7 Å². The number of H-pyrrole nitrogens is 1. The summed E-state index contributed by atoms with van der Waals surface area (Å²) in [6, 6.07) is 0. The maximum atomic E-state index is 13.3. The quantitative estimate of drug-likeness (QED) is 0.597. The summed E-state index contributed by atoms with van der Waals surface area (Å²) in [5, 5.41) is 9.36. The first-order valence-electron chi connectivity index (χ1n) is 9.79. The van der Waals surface area contributed by atoms with Gasteiger partial charge in [-0.25, -0.2) is 0 Å². The van der Waals surface area contributed by atoms with Crippen LogP contribution < -0.4 is 0 Å². The summed E-state index contributed by atoms with van der Waals surface area (Å²) >= 11 is 0. The molecular formula is C23H30FN3O. The van der Waals surface area contributed by atoms with Gasteiger partial charge in [-0.3, -0.25) is 4.79 Å². The molecule has 0 radical (unpaired) electrons. The maximum absolute atomic E-state index is 13.3. The lowest BCUT2D eigenvalue weighted by molar-refractivity contribution is -0.115. The molecule has 0 aromatic carbocycles. The molecule has 28 heavy (non-hydrogen) atoms. The highest BCUT2D eigenvalue weighted by molar-refractivity contribution is 5.96. The Kier molecular flexibility index (Phi) is 7.44. The zero-order valence-electron chi connectivity index (χ0n) is 17.5. The van der Waals surface area contributed by atoms with Crippen LogP contribution in [0.2, 0.25) is 0 Å². The van der Waals surface area contributed by atoms with Crippen LogP contribution >= 0.6 is 0 Å². The number of hydrogen-bond acceptors (Lipinski definition) is 3. The molecule has 1 aliphatic rings. The molecule has 0 spiro atoms. The van der Waals surface area contributed by atoms with Gasteiger partial charge < -0.3 is 0 Å². The average molecular weight is 384 g/mol. The normalized spacial score (nSPS) is 18.5. The number of carbonyl (C=O) groups is 1. The van der Waals surface area contributed by atoms with Crippen LogP contribution in [0.5, 0.6) is 0 Å². The fraction of sp³-hybridized carbons (Fsp3) is 0.435. The Morgan fingerprint density at radius 1 is 1.21 bits per heavy atom. The van der Waals surface area contributed by atoms with E-state index in [9.17, 15) is 9.18 Å². The summed E-state index contributed by atoms with van der Waals surface area (Å²) in [6.45, 7) is 10.3. The molecule has 0 unspecified atom stereocenters. The van der Waals surface area contributed by atoms with E-state index in [0.717, 1.165) is 36.0 Å². The summed E-state index contributed by atoms with van der Waals surface area (Å²) in [7, 11) is 0. The van der Waals surface area contributed by atoms with E-state index in [0.29, 0.717) is 6.42 Å². The van der Waals surface area contributed by atoms with Crippen LogP contribution in [-0.2, 0) is 4.79 Å². The van der Waals surface area contributed by atoms with Crippen molar-refractivity contribution in [3.63, 3.8) is 0 Å². The molecule has 150 valence electrons. The number of carbonyl (C=O) groups excluding carboxylic acids is 1. The average Bonchev–Trinajstić information content (AvgIpc) is 3.03. The number of Topliss-reactive ketones (excluding diaryl/α,β-unsaturated/α-hetero) is 1. The molecule has 0 amide bonds. The summed E-state index contributed by atoms with van der Waals surface area (Å²) < 4.78 is 13.3. The van der Waals surface area contributed by atoms with Crippen LogP contribution in [0.15, 0.2) is 52.7 Å². The lowest BCUT2D eigenvalue weighted by Crippen LogP contribution is -2.23. The molecule has 1 aromatic rings. The lowest BCUT2D eigenvalue weighted by atomic mass is 9.71. The van der Waals surface area contributed by atoms with Crippen molar-refractivity contribution < 1.29 is 9.18 Å². The Balaban J connectivity index is 2.15. The zero-order valence-corrected chi connectivity index (χ0v) is 17.5. The molecule has 0 saturated heterocycles. The third-order valence-electron chi connectivity index (χ3n) is 5.07. The molecule has 1 heterocycles. The standard InChI is InChI=1S/C23H30FN3O/c1-6-21(28)18-11-8-14-23(4,5)19(18)13-12-16(2)9-7-10-17(3)15-20-22(24)26-27-25-20/h7,9-10,12-13,15H,6,8,11,14H2,1-5H3,(H,25,26,27)/b10-7+,13-12+,16-9+,17-15+. The Morgan fingerprint density at radius 3 is 2.61 bits per heavy atom. The Bertz CT molecular complexity index is 866. The van der Waals surface area contributed by atoms with Gasteiger partial charge in [0.25, 0.3) is 5.95 Å². The number of hydrogen-bond donors (Lipinski definition) is 1. The SMILES string of the molecule is CCC(=O)C1=C(/C=C/C(C)=C/C=C/C(C)=C/c2n[nH]nc2F)C(C)(C)CCC1. The molecule has 0 fully saturated rings. The number of nitrogens with one attached hydrogen (secondary N) is 1. The van der Waals surface area contributed by atoms with Crippen molar-refractivity contribution in [3.8, 4) is 0 Å². The van der Waals surface area contributed by atoms with Gasteiger partial charge in [-0.1, -0.05) is 56.7 Å². The third-order valence-corrected chi connectivity index (χ3v) is 5.07. The molecule has 0 atom stereocenters. The Hall–Kier alpha value is -2.56. The number of ketones is 1. The molecule has 1 aliphatic carbocycles. The number of rotatable bonds is 7. The van der Waals surface area contributed by atoms with Gasteiger partial charge in [0.2, 0.25) is 0 Å². The third kappa shape index (κ3) is 5.72. The van der Waals surface area contributed by atoms with E-state index in [4.69, 9.17) is 0 Å². The molecule has 0 saturated carbocycles. The summed E-state index contributed by atoms with van der Waals surface area (Å²) in [4.78, 5) is 12.3. The van der Waals surface area contributed by atoms with E-state index in [1.165, 1.54) is 5.57 Å². The monoisotopic (exact) mass is 383 g/mol. The predicted octanol–water partition coefficient (Wildman–Crippen LogP) is 5.89. The molecule has 0 bridgehead atoms. The van der Waals surface area contributed by atoms with Crippen LogP contribution in [0.3, 0.4) is 0 Å². The van der Waals surface area contributed by atoms with Gasteiger partial charge in [0.15, 0.2) is 5.78 Å². The first-order valence-corrected chi connectivity index (χ1v) is 9.79. The summed E-state index contributed by atoms with van der Waals surface area (Å²) in [5.41, 5.74) is 4.32. The minimum atomic E-state index is -0.608. The number of nitrogens with zero attached hydrogens (tertiary/aromatic N) is 2. The largest absolute Gasteiger partial charge is 0.295 e. The minimum Gasteiger partial charge on any atom is -0.295 e. The van der Waals surface area contributed by atoms with Crippen LogP contribution in [0, 0.1) is 11.4 Å². The summed E-state index contributed by atoms with van der Waals surface area (Å²) in [5.74, 6) is -0.349. The van der Waals surface area contributed by atoms with Crippen molar-refractivity contribution in [1.29, 1.82) is 0 Å². The smallest absolute Gasteiger partial charge is 0.259 e. The second kappa shape index (κ2) is 9.58. The summed E-state index contributed by atoms with van der Waals surface area (Å²) in [6.07, 6.45) is 15.2. The fourth-order valence-corrected chi connectivity index (χ4v) is 3.42. The van der Waals surface area contributed by atoms with Gasteiger partial charge in [0.05, 0.1) is 0 Å². The van der Waals surface area contributed by atoms with Crippen LogP contribution in [0.1, 0.15) is 66.0 Å². The highest BCUT2D eigenvalue weighted by Crippen LogP contribution is 2.41. The number of aromatic nitrogens is 3. The van der Waals surface area contributed by atoms with E-state index < -0.39 is 5.95 Å². The molecule has 1 aromatic heterocycles. The molecular weight excluding hydrogens is 353 g/mol. The second-order valence-corrected chi connectivity index (χ2v) is 7.90. The van der Waals surface area contributed by atoms with E-state index in [1.54, 1.807) is 6.08 Å². The van der Waals surface area contributed by atoms with Crippen molar-refractivity contribution in [3.05, 3.63) is 64.3 Å². The zero-order chi connectivity index (χ0) is 20.7. The van der Waals surface area contributed by atoms with Crippen molar-refractivity contribution in [2.45, 2.75) is 60.3 Å². The van der Waals surface area contributed by atoms with Gasteiger partial charge in [-0.15, -0.1) is 5.10 Å². The molecule has 0 aliphatic heterocycles. The van der Waals surface area contributed by atoms with Gasteiger partial charge in [-0.05, 0) is 61.3 Å². The van der Waals surface area contributed by atoms with Gasteiger partial charge in [0, 0.05) is 6.42 Å². The van der Waals surface area contributed by atoms with Crippen molar-refractivity contribution >= 4 is 11.9 Å². The highest BCUT2D eigenvalue weighted by atomic mass is 19.1. The predicted molar refractivity (Wildman–Crippen MR) is 112 cm³/mol. The van der Waals surface area contributed by atoms with Crippen LogP contribution in [-0.4, -0.2) is 21.2 Å². The van der Waals surface area contributed by atoms with Crippen LogP contribution in [0.4, 0.5) is 4.39 Å². The first kappa shape index (κ1) is 21.7. The number of halogens is 1. The maximum Gasteiger partial charge on any atom is 0.259 e. The van der Waals surface area contributed by atoms with E-state index in [2.05, 4.69) is 41.4 Å². The van der Waals surface area contributed by atoms with Gasteiger partial charge >= 0.3 is 0 Å². The highest BCUT2D eigenvalue weighted by Gasteiger charge is 2.30. The Labute approximate surface area is 167 Å². The lowest BCUT2D eigenvalue weighted by Gasteiger charge is -2.33. The Morgan fingerprint density at radius 2 is 1.96 bits per heavy atom. The van der Waals surface area contributed by atoms with Gasteiger partial charge in [0.1, 0.15) is 5.69 Å². The minimum absolute atomic E-state index is 0.0199. The second-order valence-electron chi connectivity index (χ2n) is 7.90. The van der Waals surface area contributed by atoms with Crippen molar-refractivity contribution in [1.82, 2.24) is 15.4 Å². The topological polar surface area (TPSA) is 58.6 Å². The van der Waals surface area contributed by atoms with Crippen LogP contribution in [0.25, 0.3) is 6.08 Å². The van der Waals surface area contributed by atoms with E-state index in [1.807, 2.05) is 39.0 Å². The first-order chi connectivity index (χ1) is 13.2. The molecule has 4 nitrogen and oxygen atoms in total. The number of allylic oxidation sites excluding steroid dienone is 9. The van der Waals surface area contributed by atoms with Crippen molar-refractivity contribution in [2.75, 3.05) is 0 Å². The number of aromatic amines is 1. The molecule has 1 N–H and O–H groups in total. The fourth-order valence-electron chi connectivity index (χ4n) is 3.42. The molecule has 5 heteroatoms. The van der Waals surface area contributed by atoms with E-state index in [-0.39, 0.29) is 16.9 Å². The van der Waals surface area contributed by atoms with E-state index >= 15 is 0 Å². The molecule has 2 rings (SSSR count). The van der Waals surface area contributed by atoms with Crippen molar-refractivity contribution in [2.24, 2.45) is 5.41 Å².